The molecule has 0 unspecified atom stereocenters. The molecule has 0 aliphatic heterocycles. The van der Waals surface area contributed by atoms with Crippen LogP contribution in [0.5, 0.6) is 0 Å². The highest BCUT2D eigenvalue weighted by molar-refractivity contribution is 7.07. The molecule has 3 aromatic rings. The first-order chi connectivity index (χ1) is 10.5. The summed E-state index contributed by atoms with van der Waals surface area (Å²) in [6.07, 6.45) is 5.86. The highest BCUT2D eigenvalue weighted by Crippen LogP contribution is 2.08. The number of Topliss-reactive ketones (excluding diaryl/α,β-unsaturated/α-hetero) is 1. The number of hydrogen-bond donors (Lipinski definition) is 1. The molecule has 0 radical (unpaired) electrons. The molecule has 0 aliphatic carbocycles. The van der Waals surface area contributed by atoms with E-state index >= 15 is 0 Å². The first-order valence-electron chi connectivity index (χ1n) is 6.22. The van der Waals surface area contributed by atoms with Gasteiger partial charge in [-0.3, -0.25) is 9.59 Å². The Morgan fingerprint density at radius 1 is 1.55 bits per heavy atom. The van der Waals surface area contributed by atoms with E-state index in [9.17, 15) is 9.59 Å². The molecule has 0 aliphatic rings. The maximum absolute atomic E-state index is 11.9. The lowest BCUT2D eigenvalue weighted by atomic mass is 10.3. The molecule has 3 rings (SSSR count). The van der Waals surface area contributed by atoms with Crippen molar-refractivity contribution in [1.82, 2.24) is 14.5 Å². The number of imidazole rings is 1. The van der Waals surface area contributed by atoms with E-state index in [2.05, 4.69) is 9.97 Å². The van der Waals surface area contributed by atoms with E-state index in [0.29, 0.717) is 20.2 Å². The zero-order chi connectivity index (χ0) is 15.7. The largest absolute Gasteiger partial charge is 0.461 e. The van der Waals surface area contributed by atoms with Gasteiger partial charge in [0.15, 0.2) is 5.76 Å². The fourth-order valence-corrected chi connectivity index (χ4v) is 2.78. The van der Waals surface area contributed by atoms with Gasteiger partial charge >= 0.3 is 0 Å². The molecule has 112 valence electrons. The Kier molecular flexibility index (Phi) is 3.82. The Morgan fingerprint density at radius 3 is 3.00 bits per heavy atom. The number of rotatable bonds is 3. The molecule has 22 heavy (non-hydrogen) atoms. The van der Waals surface area contributed by atoms with Crippen molar-refractivity contribution in [2.24, 2.45) is 7.05 Å². The minimum atomic E-state index is -0.311. The molecule has 0 saturated heterocycles. The summed E-state index contributed by atoms with van der Waals surface area (Å²) in [5, 5.41) is 0.471. The van der Waals surface area contributed by atoms with E-state index in [1.165, 1.54) is 18.5 Å². The Morgan fingerprint density at radius 2 is 2.36 bits per heavy atom. The van der Waals surface area contributed by atoms with Gasteiger partial charge in [-0.1, -0.05) is 11.6 Å². The number of halogens is 1. The highest BCUT2D eigenvalue weighted by atomic mass is 35.5. The molecule has 0 aromatic carbocycles. The van der Waals surface area contributed by atoms with E-state index in [4.69, 9.17) is 16.0 Å². The standard InChI is InChI=1S/C14H10ClN3O3S/c1-18-11(15)7-16-12(18)6-10-14(20)17-13(22-10)5-8(19)9-3-2-4-21-9/h2-7H,1H3,(H,17,20)/b10-6-,13-5-. The van der Waals surface area contributed by atoms with E-state index < -0.39 is 0 Å². The number of H-pyrrole nitrogens is 1. The number of hydrogen-bond acceptors (Lipinski definition) is 5. The van der Waals surface area contributed by atoms with Crippen LogP contribution in [0.25, 0.3) is 12.2 Å². The third-order valence-electron chi connectivity index (χ3n) is 2.93. The molecule has 3 heterocycles. The molecule has 6 nitrogen and oxygen atoms in total. The van der Waals surface area contributed by atoms with E-state index in [-0.39, 0.29) is 17.1 Å². The van der Waals surface area contributed by atoms with Crippen molar-refractivity contribution in [1.29, 1.82) is 0 Å². The summed E-state index contributed by atoms with van der Waals surface area (Å²) in [5.74, 6) is 0.464. The molecule has 0 saturated carbocycles. The predicted molar refractivity (Wildman–Crippen MR) is 83.5 cm³/mol. The second kappa shape index (κ2) is 5.78. The lowest BCUT2D eigenvalue weighted by Gasteiger charge is -1.93. The van der Waals surface area contributed by atoms with Gasteiger partial charge in [0.05, 0.1) is 21.7 Å². The molecule has 0 spiro atoms. The molecular formula is C14H10ClN3O3S. The molecule has 3 aromatic heterocycles. The first-order valence-corrected chi connectivity index (χ1v) is 7.41. The minimum absolute atomic E-state index is 0.218. The summed E-state index contributed by atoms with van der Waals surface area (Å²) in [7, 11) is 1.75. The predicted octanol–water partition coefficient (Wildman–Crippen LogP) is 0.908. The summed E-state index contributed by atoms with van der Waals surface area (Å²) in [4.78, 5) is 30.6. The van der Waals surface area contributed by atoms with Gasteiger partial charge in [-0.25, -0.2) is 4.98 Å². The van der Waals surface area contributed by atoms with E-state index in [0.717, 1.165) is 11.3 Å². The SMILES string of the molecule is Cn1c(Cl)cnc1/C=c1\s/c(=C\C(=O)c2ccco2)[nH]c1=O. The smallest absolute Gasteiger partial charge is 0.266 e. The minimum Gasteiger partial charge on any atom is -0.461 e. The van der Waals surface area contributed by atoms with Gasteiger partial charge in [0.25, 0.3) is 5.56 Å². The van der Waals surface area contributed by atoms with Crippen LogP contribution in [0.3, 0.4) is 0 Å². The Hall–Kier alpha value is -2.38. The number of carbonyl (C=O) groups is 1. The summed E-state index contributed by atoms with van der Waals surface area (Å²) in [6.45, 7) is 0. The van der Waals surface area contributed by atoms with Crippen LogP contribution in [-0.4, -0.2) is 20.3 Å². The Labute approximate surface area is 133 Å². The highest BCUT2D eigenvalue weighted by Gasteiger charge is 2.06. The van der Waals surface area contributed by atoms with Crippen molar-refractivity contribution in [3.8, 4) is 0 Å². The van der Waals surface area contributed by atoms with Crippen molar-refractivity contribution in [2.75, 3.05) is 0 Å². The Balaban J connectivity index is 2.03. The van der Waals surface area contributed by atoms with Crippen LogP contribution in [-0.2, 0) is 7.05 Å². The van der Waals surface area contributed by atoms with Crippen molar-refractivity contribution in [2.45, 2.75) is 0 Å². The monoisotopic (exact) mass is 335 g/mol. The average Bonchev–Trinajstić information content (AvgIpc) is 3.18. The molecule has 0 atom stereocenters. The summed E-state index contributed by atoms with van der Waals surface area (Å²) >= 11 is 7.06. The number of nitrogens with zero attached hydrogens (tertiary/aromatic N) is 2. The van der Waals surface area contributed by atoms with Crippen LogP contribution in [0.4, 0.5) is 0 Å². The van der Waals surface area contributed by atoms with E-state index in [1.54, 1.807) is 29.8 Å². The van der Waals surface area contributed by atoms with Gasteiger partial charge < -0.3 is 14.0 Å². The first kappa shape index (κ1) is 14.6. The molecule has 0 amide bonds. The summed E-state index contributed by atoms with van der Waals surface area (Å²) in [5.41, 5.74) is -0.289. The van der Waals surface area contributed by atoms with E-state index in [1.807, 2.05) is 0 Å². The second-order valence-electron chi connectivity index (χ2n) is 4.41. The maximum Gasteiger partial charge on any atom is 0.266 e. The fraction of sp³-hybridized carbons (Fsp3) is 0.0714. The average molecular weight is 336 g/mol. The third kappa shape index (κ3) is 2.81. The number of nitrogens with one attached hydrogen (secondary N) is 1. The van der Waals surface area contributed by atoms with Gasteiger partial charge in [0.1, 0.15) is 11.0 Å². The number of ketones is 1. The van der Waals surface area contributed by atoms with Gasteiger partial charge in [0.2, 0.25) is 5.78 Å². The lowest BCUT2D eigenvalue weighted by molar-refractivity contribution is 0.103. The topological polar surface area (TPSA) is 80.9 Å². The van der Waals surface area contributed by atoms with Crippen LogP contribution < -0.4 is 14.8 Å². The van der Waals surface area contributed by atoms with Crippen molar-refractivity contribution >= 4 is 40.9 Å². The number of aromatic nitrogens is 3. The van der Waals surface area contributed by atoms with Gasteiger partial charge in [-0.15, -0.1) is 11.3 Å². The zero-order valence-corrected chi connectivity index (χ0v) is 12.9. The molecular weight excluding hydrogens is 326 g/mol. The number of furan rings is 1. The zero-order valence-electron chi connectivity index (χ0n) is 11.4. The van der Waals surface area contributed by atoms with Crippen molar-refractivity contribution < 1.29 is 9.21 Å². The molecule has 0 fully saturated rings. The molecule has 0 bridgehead atoms. The van der Waals surface area contributed by atoms with Crippen LogP contribution >= 0.6 is 22.9 Å². The van der Waals surface area contributed by atoms with Crippen LogP contribution in [0, 0.1) is 0 Å². The quantitative estimate of drug-likeness (QED) is 0.721. The number of aromatic amines is 1. The number of carbonyl (C=O) groups excluding carboxylic acids is 1. The van der Waals surface area contributed by atoms with Gasteiger partial charge in [0, 0.05) is 19.2 Å². The Bertz CT molecular complexity index is 995. The van der Waals surface area contributed by atoms with Gasteiger partial charge in [-0.05, 0) is 12.1 Å². The fourth-order valence-electron chi connectivity index (χ4n) is 1.79. The number of thiazole rings is 1. The normalized spacial score (nSPS) is 13.0. The van der Waals surface area contributed by atoms with Gasteiger partial charge in [-0.2, -0.15) is 0 Å². The van der Waals surface area contributed by atoms with Crippen LogP contribution in [0.1, 0.15) is 16.4 Å². The van der Waals surface area contributed by atoms with Crippen molar-refractivity contribution in [3.05, 3.63) is 60.9 Å². The van der Waals surface area contributed by atoms with Crippen LogP contribution in [0.15, 0.2) is 33.8 Å². The molecule has 1 N–H and O–H groups in total. The summed E-state index contributed by atoms with van der Waals surface area (Å²) in [6, 6.07) is 3.19. The molecule has 8 heteroatoms. The van der Waals surface area contributed by atoms with Crippen LogP contribution in [0.2, 0.25) is 5.15 Å². The second-order valence-corrected chi connectivity index (χ2v) is 5.88. The maximum atomic E-state index is 11.9. The third-order valence-corrected chi connectivity index (χ3v) is 4.25. The summed E-state index contributed by atoms with van der Waals surface area (Å²) < 4.78 is 7.54. The lowest BCUT2D eigenvalue weighted by Crippen LogP contribution is -2.20. The van der Waals surface area contributed by atoms with Crippen molar-refractivity contribution in [3.63, 3.8) is 0 Å².